The van der Waals surface area contributed by atoms with E-state index in [4.69, 9.17) is 14.2 Å². The summed E-state index contributed by atoms with van der Waals surface area (Å²) in [7, 11) is 3.19. The van der Waals surface area contributed by atoms with Crippen LogP contribution in [-0.2, 0) is 24.4 Å². The Bertz CT molecular complexity index is 523. The first-order chi connectivity index (χ1) is 10.8. The molecular formula is C19H28O4. The van der Waals surface area contributed by atoms with E-state index in [-0.39, 0.29) is 11.5 Å². The van der Waals surface area contributed by atoms with Crippen molar-refractivity contribution < 1.29 is 19.0 Å². The number of methoxy groups -OCH3 is 2. The second-order valence-corrected chi connectivity index (χ2v) is 6.37. The average molecular weight is 320 g/mol. The lowest BCUT2D eigenvalue weighted by Crippen LogP contribution is -2.12. The summed E-state index contributed by atoms with van der Waals surface area (Å²) in [5.74, 6) is 0.137. The van der Waals surface area contributed by atoms with Crippen molar-refractivity contribution in [3.05, 3.63) is 47.2 Å². The van der Waals surface area contributed by atoms with Crippen molar-refractivity contribution in [3.63, 3.8) is 0 Å². The van der Waals surface area contributed by atoms with E-state index < -0.39 is 5.97 Å². The maximum atomic E-state index is 11.6. The monoisotopic (exact) mass is 320 g/mol. The maximum absolute atomic E-state index is 11.6. The lowest BCUT2D eigenvalue weighted by molar-refractivity contribution is -0.137. The number of carbonyl (C=O) groups is 1. The van der Waals surface area contributed by atoms with Crippen LogP contribution in [0.1, 0.15) is 51.3 Å². The third-order valence-electron chi connectivity index (χ3n) is 3.65. The summed E-state index contributed by atoms with van der Waals surface area (Å²) in [4.78, 5) is 11.6. The Morgan fingerprint density at radius 3 is 2.22 bits per heavy atom. The van der Waals surface area contributed by atoms with E-state index in [0.29, 0.717) is 18.8 Å². The molecule has 23 heavy (non-hydrogen) atoms. The topological polar surface area (TPSA) is 44.8 Å². The van der Waals surface area contributed by atoms with Gasteiger partial charge in [-0.1, -0.05) is 45.0 Å². The predicted octanol–water partition coefficient (Wildman–Crippen LogP) is 4.16. The van der Waals surface area contributed by atoms with Crippen molar-refractivity contribution in [3.8, 4) is 0 Å². The van der Waals surface area contributed by atoms with Crippen LogP contribution < -0.4 is 0 Å². The van der Waals surface area contributed by atoms with Gasteiger partial charge in [-0.3, -0.25) is 0 Å². The van der Waals surface area contributed by atoms with E-state index in [1.807, 2.05) is 0 Å². The normalized spacial score (nSPS) is 13.6. The minimum Gasteiger partial charge on any atom is -0.501 e. The van der Waals surface area contributed by atoms with Crippen molar-refractivity contribution in [2.24, 2.45) is 0 Å². The number of benzene rings is 1. The van der Waals surface area contributed by atoms with Crippen LogP contribution in [0.3, 0.4) is 0 Å². The molecule has 0 heterocycles. The minimum atomic E-state index is -0.401. The molecule has 0 aromatic heterocycles. The summed E-state index contributed by atoms with van der Waals surface area (Å²) in [5, 5.41) is 0. The molecule has 0 spiro atoms. The van der Waals surface area contributed by atoms with E-state index in [0.717, 1.165) is 5.56 Å². The van der Waals surface area contributed by atoms with Crippen LogP contribution in [0.25, 0.3) is 0 Å². The molecule has 1 atom stereocenters. The lowest BCUT2D eigenvalue weighted by atomic mass is 9.86. The number of hydrogen-bond acceptors (Lipinski definition) is 4. The predicted molar refractivity (Wildman–Crippen MR) is 91.2 cm³/mol. The van der Waals surface area contributed by atoms with E-state index in [1.54, 1.807) is 21.1 Å². The van der Waals surface area contributed by atoms with Gasteiger partial charge < -0.3 is 14.2 Å². The molecule has 0 aliphatic heterocycles. The number of carbonyl (C=O) groups excluding carboxylic acids is 1. The van der Waals surface area contributed by atoms with E-state index in [2.05, 4.69) is 45.0 Å². The summed E-state index contributed by atoms with van der Waals surface area (Å²) in [5.41, 5.74) is 2.43. The fraction of sp³-hybridized carbons (Fsp3) is 0.526. The van der Waals surface area contributed by atoms with Gasteiger partial charge in [0.05, 0.1) is 25.9 Å². The highest BCUT2D eigenvalue weighted by Crippen LogP contribution is 2.28. The first kappa shape index (κ1) is 19.2. The first-order valence-electron chi connectivity index (χ1n) is 7.86. The zero-order valence-electron chi connectivity index (χ0n) is 15.0. The van der Waals surface area contributed by atoms with Crippen molar-refractivity contribution >= 4 is 5.97 Å². The van der Waals surface area contributed by atoms with Crippen LogP contribution in [0.5, 0.6) is 0 Å². The zero-order chi connectivity index (χ0) is 17.5. The molecule has 0 aliphatic rings. The maximum Gasteiger partial charge on any atom is 0.334 e. The third kappa shape index (κ3) is 6.06. The van der Waals surface area contributed by atoms with Gasteiger partial charge in [0.25, 0.3) is 0 Å². The first-order valence-corrected chi connectivity index (χ1v) is 7.86. The van der Waals surface area contributed by atoms with Gasteiger partial charge in [-0.2, -0.15) is 0 Å². The molecule has 4 heteroatoms. The average Bonchev–Trinajstić information content (AvgIpc) is 2.51. The molecule has 4 nitrogen and oxygen atoms in total. The molecule has 0 aliphatic carbocycles. The Morgan fingerprint density at radius 2 is 1.78 bits per heavy atom. The lowest BCUT2D eigenvalue weighted by Gasteiger charge is -2.21. The van der Waals surface area contributed by atoms with Crippen LogP contribution in [0.15, 0.2) is 36.1 Å². The van der Waals surface area contributed by atoms with Gasteiger partial charge in [-0.05, 0) is 23.5 Å². The van der Waals surface area contributed by atoms with Crippen molar-refractivity contribution in [1.29, 1.82) is 0 Å². The molecule has 1 aromatic rings. The van der Waals surface area contributed by atoms with E-state index in [1.165, 1.54) is 11.6 Å². The van der Waals surface area contributed by atoms with Crippen LogP contribution in [-0.4, -0.2) is 26.8 Å². The summed E-state index contributed by atoms with van der Waals surface area (Å²) in [6, 6.07) is 8.35. The summed E-state index contributed by atoms with van der Waals surface area (Å²) < 4.78 is 15.8. The van der Waals surface area contributed by atoms with Gasteiger partial charge in [-0.25, -0.2) is 4.79 Å². The number of esters is 1. The Hall–Kier alpha value is -1.81. The molecule has 0 bridgehead atoms. The van der Waals surface area contributed by atoms with E-state index >= 15 is 0 Å². The van der Waals surface area contributed by atoms with Crippen molar-refractivity contribution in [2.75, 3.05) is 20.8 Å². The van der Waals surface area contributed by atoms with Crippen molar-refractivity contribution in [2.45, 2.75) is 45.6 Å². The molecule has 0 radical (unpaired) electrons. The Kier molecular flexibility index (Phi) is 7.30. The molecule has 0 saturated carbocycles. The van der Waals surface area contributed by atoms with Gasteiger partial charge in [0, 0.05) is 13.5 Å². The minimum absolute atomic E-state index is 0.114. The van der Waals surface area contributed by atoms with Crippen LogP contribution in [0.4, 0.5) is 0 Å². The molecule has 0 saturated heterocycles. The fourth-order valence-electron chi connectivity index (χ4n) is 2.23. The van der Waals surface area contributed by atoms with Crippen LogP contribution in [0.2, 0.25) is 0 Å². The smallest absolute Gasteiger partial charge is 0.334 e. The van der Waals surface area contributed by atoms with Crippen molar-refractivity contribution in [1.82, 2.24) is 0 Å². The van der Waals surface area contributed by atoms with Crippen LogP contribution >= 0.6 is 0 Å². The molecular weight excluding hydrogens is 292 g/mol. The molecule has 1 rings (SSSR count). The number of ether oxygens (including phenoxy) is 3. The zero-order valence-corrected chi connectivity index (χ0v) is 15.0. The van der Waals surface area contributed by atoms with Gasteiger partial charge in [-0.15, -0.1) is 0 Å². The Balaban J connectivity index is 2.89. The van der Waals surface area contributed by atoms with Gasteiger partial charge in [0.1, 0.15) is 5.76 Å². The SMILES string of the molecule is CCOC(=O)/C=C(\CC(OC)c1ccc(C(C)(C)C)cc1)OC. The molecule has 1 aromatic carbocycles. The summed E-state index contributed by atoms with van der Waals surface area (Å²) >= 11 is 0. The Labute approximate surface area is 139 Å². The largest absolute Gasteiger partial charge is 0.501 e. The fourth-order valence-corrected chi connectivity index (χ4v) is 2.23. The molecule has 1 unspecified atom stereocenters. The van der Waals surface area contributed by atoms with Gasteiger partial charge in [0.2, 0.25) is 0 Å². The Morgan fingerprint density at radius 1 is 1.17 bits per heavy atom. The van der Waals surface area contributed by atoms with Gasteiger partial charge >= 0.3 is 5.97 Å². The molecule has 0 N–H and O–H groups in total. The summed E-state index contributed by atoms with van der Waals surface area (Å²) in [6.07, 6.45) is 1.67. The second-order valence-electron chi connectivity index (χ2n) is 6.37. The highest BCUT2D eigenvalue weighted by Gasteiger charge is 2.17. The second kappa shape index (κ2) is 8.73. The standard InChI is InChI=1S/C19H28O4/c1-7-23-18(20)13-16(21-5)12-17(22-6)14-8-10-15(11-9-14)19(2,3)4/h8-11,13,17H,7,12H2,1-6H3/b16-13+. The summed E-state index contributed by atoms with van der Waals surface area (Å²) in [6.45, 7) is 8.66. The molecule has 0 amide bonds. The highest BCUT2D eigenvalue weighted by atomic mass is 16.5. The number of hydrogen-bond donors (Lipinski definition) is 0. The number of rotatable bonds is 7. The third-order valence-corrected chi connectivity index (χ3v) is 3.65. The quantitative estimate of drug-likeness (QED) is 0.430. The van der Waals surface area contributed by atoms with Gasteiger partial charge in [0.15, 0.2) is 0 Å². The van der Waals surface area contributed by atoms with Crippen LogP contribution in [0, 0.1) is 0 Å². The van der Waals surface area contributed by atoms with E-state index in [9.17, 15) is 4.79 Å². The highest BCUT2D eigenvalue weighted by molar-refractivity contribution is 5.82. The molecule has 0 fully saturated rings. The molecule has 128 valence electrons.